The number of aromatic nitrogens is 4. The molecule has 0 aromatic carbocycles. The fourth-order valence-corrected chi connectivity index (χ4v) is 4.84. The number of nitrogens with zero attached hydrogens (tertiary/aromatic N) is 6. The molecule has 0 aliphatic heterocycles. The number of unbranched alkanes of at least 4 members (excludes halogenated alkanes) is 2. The Balaban J connectivity index is 1.55. The van der Waals surface area contributed by atoms with E-state index < -0.39 is 0 Å². The van der Waals surface area contributed by atoms with Crippen LogP contribution in [0.15, 0.2) is 30.6 Å². The molecule has 0 bridgehead atoms. The van der Waals surface area contributed by atoms with Gasteiger partial charge in [0.2, 0.25) is 5.95 Å². The van der Waals surface area contributed by atoms with Crippen molar-refractivity contribution < 1.29 is 9.59 Å². The minimum Gasteiger partial charge on any atom is -0.343 e. The average Bonchev–Trinajstić information content (AvgIpc) is 3.54. The van der Waals surface area contributed by atoms with Crippen LogP contribution in [0.3, 0.4) is 0 Å². The molecule has 3 heterocycles. The number of rotatable bonds is 10. The van der Waals surface area contributed by atoms with Gasteiger partial charge in [0.15, 0.2) is 0 Å². The van der Waals surface area contributed by atoms with Crippen LogP contribution in [-0.2, 0) is 0 Å². The highest BCUT2D eigenvalue weighted by molar-refractivity contribution is 5.98. The Hall–Kier alpha value is -3.49. The van der Waals surface area contributed by atoms with Crippen LogP contribution in [0.1, 0.15) is 85.7 Å². The lowest BCUT2D eigenvalue weighted by Crippen LogP contribution is -2.31. The van der Waals surface area contributed by atoms with Gasteiger partial charge in [0, 0.05) is 51.0 Å². The predicted molar refractivity (Wildman–Crippen MR) is 142 cm³/mol. The van der Waals surface area contributed by atoms with E-state index in [0.29, 0.717) is 29.6 Å². The van der Waals surface area contributed by atoms with E-state index in [1.165, 1.54) is 0 Å². The molecule has 36 heavy (non-hydrogen) atoms. The van der Waals surface area contributed by atoms with Gasteiger partial charge < -0.3 is 19.7 Å². The first-order valence-corrected chi connectivity index (χ1v) is 13.0. The molecule has 9 heteroatoms. The van der Waals surface area contributed by atoms with Crippen molar-refractivity contribution in [3.8, 4) is 0 Å². The first-order chi connectivity index (χ1) is 17.4. The smallest absolute Gasteiger partial charge is 0.270 e. The average molecular weight is 492 g/mol. The summed E-state index contributed by atoms with van der Waals surface area (Å²) in [6.45, 7) is 5.59. The van der Waals surface area contributed by atoms with E-state index in [9.17, 15) is 9.59 Å². The van der Waals surface area contributed by atoms with Gasteiger partial charge in [-0.3, -0.25) is 9.59 Å². The molecule has 4 rings (SSSR count). The van der Waals surface area contributed by atoms with Crippen LogP contribution < -0.4 is 5.32 Å². The van der Waals surface area contributed by atoms with E-state index in [0.717, 1.165) is 62.5 Å². The largest absolute Gasteiger partial charge is 0.343 e. The lowest BCUT2D eigenvalue weighted by atomic mass is 10.2. The number of carbonyl (C=O) groups excluding carboxylic acids is 2. The molecular weight excluding hydrogens is 454 g/mol. The Bertz CT molecular complexity index is 1200. The summed E-state index contributed by atoms with van der Waals surface area (Å²) in [6.07, 6.45) is 11.0. The zero-order chi connectivity index (χ0) is 25.7. The standard InChI is InChI=1S/C27H37N7O2/c1-5-7-10-15-33(6-2)25(35)19-13-14-23(28-17-19)30-27-29-18-20-16-22(26(36)32(3)4)34(24(20)31-27)21-11-8-9-12-21/h13-14,16-18,21H,5-12,15H2,1-4H3,(H,28,29,30,31). The predicted octanol–water partition coefficient (Wildman–Crippen LogP) is 5.04. The number of pyridine rings is 1. The second kappa shape index (κ2) is 11.5. The number of nitrogens with one attached hydrogen (secondary N) is 1. The summed E-state index contributed by atoms with van der Waals surface area (Å²) < 4.78 is 2.09. The van der Waals surface area contributed by atoms with Gasteiger partial charge in [0.05, 0.1) is 5.56 Å². The van der Waals surface area contributed by atoms with E-state index in [4.69, 9.17) is 4.98 Å². The maximum atomic E-state index is 12.9. The van der Waals surface area contributed by atoms with Crippen LogP contribution in [-0.4, -0.2) is 68.3 Å². The normalized spacial score (nSPS) is 13.8. The highest BCUT2D eigenvalue weighted by Crippen LogP contribution is 2.34. The third-order valence-corrected chi connectivity index (χ3v) is 6.84. The maximum Gasteiger partial charge on any atom is 0.270 e. The number of anilines is 2. The molecule has 0 unspecified atom stereocenters. The number of amides is 2. The summed E-state index contributed by atoms with van der Waals surface area (Å²) in [5.41, 5.74) is 1.97. The second-order valence-electron chi connectivity index (χ2n) is 9.66. The highest BCUT2D eigenvalue weighted by atomic mass is 16.2. The van der Waals surface area contributed by atoms with Crippen molar-refractivity contribution in [1.29, 1.82) is 0 Å². The van der Waals surface area contributed by atoms with Crippen LogP contribution in [0.2, 0.25) is 0 Å². The first-order valence-electron chi connectivity index (χ1n) is 13.0. The molecule has 0 radical (unpaired) electrons. The lowest BCUT2D eigenvalue weighted by Gasteiger charge is -2.20. The lowest BCUT2D eigenvalue weighted by molar-refractivity contribution is 0.0760. The third kappa shape index (κ3) is 5.50. The van der Waals surface area contributed by atoms with Gasteiger partial charge in [-0.05, 0) is 44.4 Å². The van der Waals surface area contributed by atoms with Crippen molar-refractivity contribution in [2.75, 3.05) is 32.5 Å². The van der Waals surface area contributed by atoms with Crippen molar-refractivity contribution in [3.63, 3.8) is 0 Å². The molecule has 9 nitrogen and oxygen atoms in total. The summed E-state index contributed by atoms with van der Waals surface area (Å²) in [4.78, 5) is 42.9. The van der Waals surface area contributed by atoms with Crippen molar-refractivity contribution in [1.82, 2.24) is 29.3 Å². The van der Waals surface area contributed by atoms with E-state index in [-0.39, 0.29) is 17.9 Å². The number of carbonyl (C=O) groups is 2. The quantitative estimate of drug-likeness (QED) is 0.399. The Labute approximate surface area is 212 Å². The zero-order valence-corrected chi connectivity index (χ0v) is 21.8. The molecule has 1 N–H and O–H groups in total. The summed E-state index contributed by atoms with van der Waals surface area (Å²) in [5.74, 6) is 0.929. The van der Waals surface area contributed by atoms with Gasteiger partial charge in [-0.1, -0.05) is 32.6 Å². The van der Waals surface area contributed by atoms with E-state index >= 15 is 0 Å². The van der Waals surface area contributed by atoms with Crippen LogP contribution in [0, 0.1) is 0 Å². The molecule has 192 valence electrons. The van der Waals surface area contributed by atoms with Crippen LogP contribution in [0.4, 0.5) is 11.8 Å². The van der Waals surface area contributed by atoms with Crippen molar-refractivity contribution in [3.05, 3.63) is 41.9 Å². The van der Waals surface area contributed by atoms with Crippen LogP contribution >= 0.6 is 0 Å². The summed E-state index contributed by atoms with van der Waals surface area (Å²) in [6, 6.07) is 5.70. The Morgan fingerprint density at radius 2 is 1.83 bits per heavy atom. The number of hydrogen-bond donors (Lipinski definition) is 1. The number of hydrogen-bond acceptors (Lipinski definition) is 6. The van der Waals surface area contributed by atoms with Crippen molar-refractivity contribution in [2.45, 2.75) is 64.8 Å². The molecule has 3 aromatic rings. The topological polar surface area (TPSA) is 96.2 Å². The van der Waals surface area contributed by atoms with Gasteiger partial charge >= 0.3 is 0 Å². The first kappa shape index (κ1) is 25.6. The maximum absolute atomic E-state index is 12.9. The third-order valence-electron chi connectivity index (χ3n) is 6.84. The molecular formula is C27H37N7O2. The molecule has 2 amide bonds. The second-order valence-corrected chi connectivity index (χ2v) is 9.66. The Morgan fingerprint density at radius 1 is 1.06 bits per heavy atom. The summed E-state index contributed by atoms with van der Waals surface area (Å²) in [7, 11) is 3.53. The minimum atomic E-state index is -0.0350. The van der Waals surface area contributed by atoms with E-state index in [1.54, 1.807) is 43.5 Å². The fourth-order valence-electron chi connectivity index (χ4n) is 4.84. The van der Waals surface area contributed by atoms with Crippen LogP contribution in [0.5, 0.6) is 0 Å². The summed E-state index contributed by atoms with van der Waals surface area (Å²) in [5, 5.41) is 4.00. The molecule has 3 aromatic heterocycles. The molecule has 1 aliphatic rings. The van der Waals surface area contributed by atoms with E-state index in [1.807, 2.05) is 17.9 Å². The van der Waals surface area contributed by atoms with Crippen LogP contribution in [0.25, 0.3) is 11.0 Å². The van der Waals surface area contributed by atoms with Gasteiger partial charge in [-0.15, -0.1) is 0 Å². The zero-order valence-electron chi connectivity index (χ0n) is 21.8. The monoisotopic (exact) mass is 491 g/mol. The van der Waals surface area contributed by atoms with Gasteiger partial charge in [-0.2, -0.15) is 4.98 Å². The molecule has 0 spiro atoms. The molecule has 1 aliphatic carbocycles. The molecule has 1 fully saturated rings. The minimum absolute atomic E-state index is 0.00203. The van der Waals surface area contributed by atoms with Crippen molar-refractivity contribution >= 4 is 34.6 Å². The molecule has 0 saturated heterocycles. The summed E-state index contributed by atoms with van der Waals surface area (Å²) >= 11 is 0. The molecule has 1 saturated carbocycles. The number of fused-ring (bicyclic) bond motifs is 1. The van der Waals surface area contributed by atoms with Gasteiger partial charge in [0.25, 0.3) is 11.8 Å². The van der Waals surface area contributed by atoms with E-state index in [2.05, 4.69) is 26.8 Å². The van der Waals surface area contributed by atoms with Crippen molar-refractivity contribution in [2.24, 2.45) is 0 Å². The fraction of sp³-hybridized carbons (Fsp3) is 0.519. The van der Waals surface area contributed by atoms with Gasteiger partial charge in [0.1, 0.15) is 17.2 Å². The Morgan fingerprint density at radius 3 is 2.47 bits per heavy atom. The highest BCUT2D eigenvalue weighted by Gasteiger charge is 2.26. The SMILES string of the molecule is CCCCCN(CC)C(=O)c1ccc(Nc2ncc3cc(C(=O)N(C)C)n(C4CCCC4)c3n2)nc1. The van der Waals surface area contributed by atoms with Gasteiger partial charge in [-0.25, -0.2) is 9.97 Å². The molecule has 0 atom stereocenters. The Kier molecular flexibility index (Phi) is 8.18.